The molecule has 5 heteroatoms. The molecule has 4 aliphatic rings. The Balaban J connectivity index is 1.13. The summed E-state index contributed by atoms with van der Waals surface area (Å²) in [6.45, 7) is 17.1. The van der Waals surface area contributed by atoms with Crippen LogP contribution in [-0.4, -0.2) is 102 Å². The third kappa shape index (κ3) is 7.27. The SMILES string of the molecule is C[C@@H]1C[C@H](CN2CCC(I)CC2)CCN1CC1CCN(C[C@H]2CCN(C)[C@@H](C)C2)CC1. The first-order chi connectivity index (χ1) is 15.0. The molecule has 0 N–H and O–H groups in total. The molecular formula is C26H49IN4. The largest absolute Gasteiger partial charge is 0.304 e. The van der Waals surface area contributed by atoms with Crippen LogP contribution >= 0.6 is 22.6 Å². The normalized spacial score (nSPS) is 36.8. The molecule has 31 heavy (non-hydrogen) atoms. The summed E-state index contributed by atoms with van der Waals surface area (Å²) in [4.78, 5) is 11.0. The van der Waals surface area contributed by atoms with Crippen molar-refractivity contribution in [2.75, 3.05) is 66.0 Å². The summed E-state index contributed by atoms with van der Waals surface area (Å²) in [6, 6.07) is 1.57. The van der Waals surface area contributed by atoms with E-state index < -0.39 is 0 Å². The quantitative estimate of drug-likeness (QED) is 0.363. The summed E-state index contributed by atoms with van der Waals surface area (Å²) < 4.78 is 0.925. The highest BCUT2D eigenvalue weighted by Crippen LogP contribution is 2.29. The summed E-state index contributed by atoms with van der Waals surface area (Å²) in [5.74, 6) is 2.81. The molecule has 0 amide bonds. The molecule has 0 spiro atoms. The van der Waals surface area contributed by atoms with Gasteiger partial charge in [-0.15, -0.1) is 0 Å². The summed E-state index contributed by atoms with van der Waals surface area (Å²) >= 11 is 2.65. The van der Waals surface area contributed by atoms with Crippen LogP contribution in [0.3, 0.4) is 0 Å². The van der Waals surface area contributed by atoms with E-state index >= 15 is 0 Å². The van der Waals surface area contributed by atoms with Crippen molar-refractivity contribution in [2.45, 2.75) is 81.2 Å². The lowest BCUT2D eigenvalue weighted by Gasteiger charge is -2.43. The van der Waals surface area contributed by atoms with Crippen molar-refractivity contribution in [1.82, 2.24) is 19.6 Å². The number of nitrogens with zero attached hydrogens (tertiary/aromatic N) is 4. The molecule has 4 saturated heterocycles. The van der Waals surface area contributed by atoms with E-state index in [2.05, 4.69) is 63.1 Å². The number of hydrogen-bond donors (Lipinski definition) is 0. The van der Waals surface area contributed by atoms with Crippen molar-refractivity contribution < 1.29 is 0 Å². The number of piperidine rings is 4. The minimum Gasteiger partial charge on any atom is -0.304 e. The van der Waals surface area contributed by atoms with E-state index in [1.165, 1.54) is 110 Å². The second-order valence-corrected chi connectivity index (χ2v) is 13.4. The molecule has 0 aromatic heterocycles. The Morgan fingerprint density at radius 2 is 1.13 bits per heavy atom. The summed E-state index contributed by atoms with van der Waals surface area (Å²) in [5, 5.41) is 0. The molecular weight excluding hydrogens is 495 g/mol. The zero-order valence-electron chi connectivity index (χ0n) is 20.7. The first-order valence-corrected chi connectivity index (χ1v) is 14.7. The maximum Gasteiger partial charge on any atom is 0.0134 e. The topological polar surface area (TPSA) is 13.0 Å². The minimum atomic E-state index is 0.777. The predicted molar refractivity (Wildman–Crippen MR) is 141 cm³/mol. The fourth-order valence-corrected chi connectivity index (χ4v) is 7.36. The maximum absolute atomic E-state index is 2.85. The Morgan fingerprint density at radius 3 is 1.71 bits per heavy atom. The Hall–Kier alpha value is 0.570. The van der Waals surface area contributed by atoms with E-state index in [4.69, 9.17) is 0 Å². The van der Waals surface area contributed by atoms with E-state index in [-0.39, 0.29) is 0 Å². The smallest absolute Gasteiger partial charge is 0.0134 e. The van der Waals surface area contributed by atoms with Crippen LogP contribution < -0.4 is 0 Å². The molecule has 4 heterocycles. The van der Waals surface area contributed by atoms with Crippen LogP contribution in [0.25, 0.3) is 0 Å². The van der Waals surface area contributed by atoms with Gasteiger partial charge in [0.05, 0.1) is 0 Å². The van der Waals surface area contributed by atoms with Crippen molar-refractivity contribution in [2.24, 2.45) is 17.8 Å². The van der Waals surface area contributed by atoms with Gasteiger partial charge in [0.1, 0.15) is 0 Å². The van der Waals surface area contributed by atoms with Crippen molar-refractivity contribution in [3.05, 3.63) is 0 Å². The van der Waals surface area contributed by atoms with E-state index in [9.17, 15) is 0 Å². The molecule has 0 unspecified atom stereocenters. The molecule has 4 atom stereocenters. The van der Waals surface area contributed by atoms with Crippen molar-refractivity contribution >= 4 is 22.6 Å². The molecule has 4 fully saturated rings. The van der Waals surface area contributed by atoms with Crippen molar-refractivity contribution in [1.29, 1.82) is 0 Å². The lowest BCUT2D eigenvalue weighted by Crippen LogP contribution is -2.48. The fraction of sp³-hybridized carbons (Fsp3) is 1.00. The Bertz CT molecular complexity index is 530. The van der Waals surface area contributed by atoms with Gasteiger partial charge in [-0.1, -0.05) is 22.6 Å². The summed E-state index contributed by atoms with van der Waals surface area (Å²) in [7, 11) is 2.30. The number of alkyl halides is 1. The summed E-state index contributed by atoms with van der Waals surface area (Å²) in [6.07, 6.45) is 11.3. The molecule has 0 aromatic carbocycles. The molecule has 0 aliphatic carbocycles. The van der Waals surface area contributed by atoms with Gasteiger partial charge >= 0.3 is 0 Å². The van der Waals surface area contributed by atoms with E-state index in [1.54, 1.807) is 0 Å². The monoisotopic (exact) mass is 544 g/mol. The van der Waals surface area contributed by atoms with Gasteiger partial charge in [0.2, 0.25) is 0 Å². The van der Waals surface area contributed by atoms with Crippen LogP contribution in [0, 0.1) is 17.8 Å². The molecule has 0 saturated carbocycles. The average molecular weight is 545 g/mol. The highest BCUT2D eigenvalue weighted by Gasteiger charge is 2.31. The zero-order valence-corrected chi connectivity index (χ0v) is 22.8. The molecule has 4 aliphatic heterocycles. The van der Waals surface area contributed by atoms with Crippen molar-refractivity contribution in [3.63, 3.8) is 0 Å². The van der Waals surface area contributed by atoms with Crippen LogP contribution in [0.2, 0.25) is 0 Å². The van der Waals surface area contributed by atoms with E-state index in [0.29, 0.717) is 0 Å². The lowest BCUT2D eigenvalue weighted by atomic mass is 9.87. The summed E-state index contributed by atoms with van der Waals surface area (Å²) in [5.41, 5.74) is 0. The molecule has 4 rings (SSSR count). The molecule has 0 bridgehead atoms. The number of hydrogen-bond acceptors (Lipinski definition) is 4. The second-order valence-electron chi connectivity index (χ2n) is 11.7. The maximum atomic E-state index is 2.85. The second kappa shape index (κ2) is 11.8. The highest BCUT2D eigenvalue weighted by molar-refractivity contribution is 14.1. The van der Waals surface area contributed by atoms with Gasteiger partial charge in [-0.25, -0.2) is 0 Å². The van der Waals surface area contributed by atoms with Crippen LogP contribution in [-0.2, 0) is 0 Å². The van der Waals surface area contributed by atoms with Gasteiger partial charge in [0.25, 0.3) is 0 Å². The van der Waals surface area contributed by atoms with Gasteiger partial charge in [0, 0.05) is 35.6 Å². The number of rotatable bonds is 6. The minimum absolute atomic E-state index is 0.777. The lowest BCUT2D eigenvalue weighted by molar-refractivity contribution is 0.0591. The van der Waals surface area contributed by atoms with E-state index in [1.807, 2.05) is 0 Å². The van der Waals surface area contributed by atoms with Gasteiger partial charge in [0.15, 0.2) is 0 Å². The molecule has 0 radical (unpaired) electrons. The Labute approximate surface area is 206 Å². The first kappa shape index (κ1) is 24.7. The number of halogens is 1. The predicted octanol–water partition coefficient (Wildman–Crippen LogP) is 4.43. The van der Waals surface area contributed by atoms with Gasteiger partial charge in [-0.05, 0) is 129 Å². The Kier molecular flexibility index (Phi) is 9.41. The molecule has 0 aromatic rings. The highest BCUT2D eigenvalue weighted by atomic mass is 127. The van der Waals surface area contributed by atoms with Crippen molar-refractivity contribution in [3.8, 4) is 0 Å². The molecule has 180 valence electrons. The van der Waals surface area contributed by atoms with Crippen LogP contribution in [0.4, 0.5) is 0 Å². The van der Waals surface area contributed by atoms with Gasteiger partial charge < -0.3 is 19.6 Å². The molecule has 4 nitrogen and oxygen atoms in total. The van der Waals surface area contributed by atoms with Crippen LogP contribution in [0.5, 0.6) is 0 Å². The van der Waals surface area contributed by atoms with Gasteiger partial charge in [-0.3, -0.25) is 0 Å². The average Bonchev–Trinajstić information content (AvgIpc) is 2.76. The zero-order chi connectivity index (χ0) is 21.8. The van der Waals surface area contributed by atoms with Gasteiger partial charge in [-0.2, -0.15) is 0 Å². The fourth-order valence-electron chi connectivity index (χ4n) is 6.81. The number of likely N-dealkylation sites (tertiary alicyclic amines) is 4. The Morgan fingerprint density at radius 1 is 0.613 bits per heavy atom. The third-order valence-electron chi connectivity index (χ3n) is 9.19. The third-order valence-corrected chi connectivity index (χ3v) is 10.4. The first-order valence-electron chi connectivity index (χ1n) is 13.5. The van der Waals surface area contributed by atoms with Crippen LogP contribution in [0.15, 0.2) is 0 Å². The standard InChI is InChI=1S/C26H49IN4/c1-21-16-24(4-10-28(21)3)18-29-11-5-23(6-12-29)20-31-15-7-25(17-22(31)2)19-30-13-8-26(27)9-14-30/h21-26H,4-20H2,1-3H3/t21-,22+,24-,25+/m0/s1. The van der Waals surface area contributed by atoms with Crippen LogP contribution in [0.1, 0.15) is 65.2 Å². The van der Waals surface area contributed by atoms with E-state index in [0.717, 1.165) is 33.8 Å².